The predicted molar refractivity (Wildman–Crippen MR) is 157 cm³/mol. The van der Waals surface area contributed by atoms with Crippen LogP contribution in [0.3, 0.4) is 0 Å². The van der Waals surface area contributed by atoms with Crippen molar-refractivity contribution in [1.29, 1.82) is 0 Å². The Morgan fingerprint density at radius 1 is 1.05 bits per heavy atom. The van der Waals surface area contributed by atoms with Crippen molar-refractivity contribution in [2.45, 2.75) is 77.6 Å². The second kappa shape index (κ2) is 14.4. The van der Waals surface area contributed by atoms with Crippen molar-refractivity contribution in [3.63, 3.8) is 0 Å². The van der Waals surface area contributed by atoms with Crippen molar-refractivity contribution in [3.8, 4) is 11.5 Å². The Bertz CT molecular complexity index is 1230. The van der Waals surface area contributed by atoms with Crippen molar-refractivity contribution in [2.75, 3.05) is 31.0 Å². The van der Waals surface area contributed by atoms with Gasteiger partial charge in [-0.3, -0.25) is 9.59 Å². The number of amides is 2. The number of hydrogen-bond acceptors (Lipinski definition) is 6. The number of methoxy groups -OCH3 is 1. The third-order valence-corrected chi connectivity index (χ3v) is 7.58. The molecule has 0 fully saturated rings. The summed E-state index contributed by atoms with van der Waals surface area (Å²) in [4.78, 5) is 25.2. The zero-order valence-electron chi connectivity index (χ0n) is 24.1. The summed E-state index contributed by atoms with van der Waals surface area (Å²) in [6.45, 7) is 8.55. The Balaban J connectivity index is 2.27. The van der Waals surface area contributed by atoms with Crippen molar-refractivity contribution in [3.05, 3.63) is 53.1 Å². The fourth-order valence-corrected chi connectivity index (χ4v) is 5.16. The van der Waals surface area contributed by atoms with Crippen molar-refractivity contribution >= 4 is 27.3 Å². The average molecular weight is 561 g/mol. The number of nitrogens with two attached hydrogens (primary N) is 1. The molecule has 3 N–H and O–H groups in total. The Labute approximate surface area is 233 Å². The summed E-state index contributed by atoms with van der Waals surface area (Å²) >= 11 is 0. The third-order valence-electron chi connectivity index (χ3n) is 6.55. The molecule has 1 unspecified atom stereocenters. The minimum atomic E-state index is -3.04. The Kier molecular flexibility index (Phi) is 11.8. The summed E-state index contributed by atoms with van der Waals surface area (Å²) < 4.78 is 34.2. The number of unbranched alkanes of at least 4 members (excludes halogenated alkanes) is 2. The summed E-state index contributed by atoms with van der Waals surface area (Å²) in [7, 11) is -1.45. The van der Waals surface area contributed by atoms with E-state index in [0.717, 1.165) is 36.8 Å². The molecule has 0 radical (unpaired) electrons. The van der Waals surface area contributed by atoms with Crippen molar-refractivity contribution in [1.82, 2.24) is 0 Å². The monoisotopic (exact) mass is 560 g/mol. The molecule has 0 spiro atoms. The molecule has 2 amide bonds. The number of carbonyl (C=O) groups is 2. The van der Waals surface area contributed by atoms with Gasteiger partial charge in [-0.1, -0.05) is 59.1 Å². The van der Waals surface area contributed by atoms with Gasteiger partial charge in [-0.2, -0.15) is 0 Å². The summed E-state index contributed by atoms with van der Waals surface area (Å²) in [6, 6.07) is 10.7. The molecule has 0 saturated heterocycles. The van der Waals surface area contributed by atoms with Gasteiger partial charge in [-0.25, -0.2) is 8.42 Å². The predicted octanol–water partition coefficient (Wildman–Crippen LogP) is 5.60. The molecular weight excluding hydrogens is 516 g/mol. The molecule has 0 aliphatic rings. The van der Waals surface area contributed by atoms with E-state index in [1.807, 2.05) is 39.0 Å². The molecule has 0 aliphatic heterocycles. The maximum absolute atomic E-state index is 13.4. The highest BCUT2D eigenvalue weighted by Gasteiger charge is 2.24. The van der Waals surface area contributed by atoms with E-state index in [1.54, 1.807) is 25.3 Å². The Hall–Kier alpha value is -3.07. The van der Waals surface area contributed by atoms with Crippen LogP contribution in [0.1, 0.15) is 93.6 Å². The van der Waals surface area contributed by atoms with Gasteiger partial charge in [0.2, 0.25) is 11.8 Å². The number of ether oxygens (including phenoxy) is 2. The molecule has 2 aromatic rings. The number of hydrogen-bond donors (Lipinski definition) is 2. The lowest BCUT2D eigenvalue weighted by Crippen LogP contribution is -2.22. The first-order valence-electron chi connectivity index (χ1n) is 13.5. The second-order valence-corrected chi connectivity index (χ2v) is 13.3. The molecule has 0 aromatic heterocycles. The second-order valence-electron chi connectivity index (χ2n) is 11.1. The highest BCUT2D eigenvalue weighted by Crippen LogP contribution is 2.37. The lowest BCUT2D eigenvalue weighted by Gasteiger charge is -2.25. The number of sulfone groups is 1. The highest BCUT2D eigenvalue weighted by molar-refractivity contribution is 7.90. The SMILES string of the molecule is CCCCCC(CC(=O)Nc1cc(C(N)=O)ccc1C(C)(C)C)c1ccc(OCCCS(C)(=O)=O)cc1OC. The lowest BCUT2D eigenvalue weighted by atomic mass is 9.84. The van der Waals surface area contributed by atoms with Gasteiger partial charge in [0.05, 0.1) is 19.5 Å². The van der Waals surface area contributed by atoms with Gasteiger partial charge in [-0.05, 0) is 53.5 Å². The standard InChI is InChI=1S/C30H44N2O6S/c1-7-8-9-11-21(24-14-13-23(20-27(24)37-5)38-16-10-17-39(6,35)36)19-28(33)32-26-18-22(29(31)34)12-15-25(26)30(2,3)4/h12-15,18,20-21H,7-11,16-17,19H2,1-6H3,(H2,31,34)(H,32,33). The third kappa shape index (κ3) is 10.5. The smallest absolute Gasteiger partial charge is 0.248 e. The maximum Gasteiger partial charge on any atom is 0.248 e. The van der Waals surface area contributed by atoms with Gasteiger partial charge in [0, 0.05) is 30.0 Å². The molecule has 2 aromatic carbocycles. The van der Waals surface area contributed by atoms with E-state index >= 15 is 0 Å². The van der Waals surface area contributed by atoms with Crippen LogP contribution >= 0.6 is 0 Å². The zero-order chi connectivity index (χ0) is 29.2. The minimum absolute atomic E-state index is 0.0656. The number of primary amides is 1. The molecule has 216 valence electrons. The molecule has 0 saturated carbocycles. The van der Waals surface area contributed by atoms with Crippen LogP contribution in [-0.4, -0.2) is 46.0 Å². The molecule has 0 heterocycles. The van der Waals surface area contributed by atoms with Gasteiger partial charge >= 0.3 is 0 Å². The van der Waals surface area contributed by atoms with Gasteiger partial charge in [0.15, 0.2) is 0 Å². The zero-order valence-corrected chi connectivity index (χ0v) is 24.9. The van der Waals surface area contributed by atoms with Gasteiger partial charge in [0.1, 0.15) is 21.3 Å². The quantitative estimate of drug-likeness (QED) is 0.273. The van der Waals surface area contributed by atoms with E-state index in [1.165, 1.54) is 6.26 Å². The van der Waals surface area contributed by atoms with Crippen LogP contribution in [0.2, 0.25) is 0 Å². The largest absolute Gasteiger partial charge is 0.496 e. The van der Waals surface area contributed by atoms with Crippen LogP contribution in [0.25, 0.3) is 0 Å². The normalized spacial score (nSPS) is 12.6. The molecule has 1 atom stereocenters. The number of carbonyl (C=O) groups excluding carboxylic acids is 2. The molecule has 0 bridgehead atoms. The minimum Gasteiger partial charge on any atom is -0.496 e. The van der Waals surface area contributed by atoms with E-state index in [9.17, 15) is 18.0 Å². The maximum atomic E-state index is 13.4. The van der Waals surface area contributed by atoms with Crippen molar-refractivity contribution in [2.24, 2.45) is 5.73 Å². The van der Waals surface area contributed by atoms with Crippen LogP contribution in [0.4, 0.5) is 5.69 Å². The van der Waals surface area contributed by atoms with E-state index in [-0.39, 0.29) is 36.0 Å². The first-order chi connectivity index (χ1) is 18.2. The molecule has 0 aliphatic carbocycles. The first-order valence-corrected chi connectivity index (χ1v) is 15.5. The average Bonchev–Trinajstić information content (AvgIpc) is 2.84. The fraction of sp³-hybridized carbons (Fsp3) is 0.533. The van der Waals surface area contributed by atoms with E-state index < -0.39 is 15.7 Å². The van der Waals surface area contributed by atoms with Crippen LogP contribution in [0, 0.1) is 0 Å². The van der Waals surface area contributed by atoms with Crippen LogP contribution < -0.4 is 20.5 Å². The summed E-state index contributed by atoms with van der Waals surface area (Å²) in [5.41, 5.74) is 8.00. The van der Waals surface area contributed by atoms with Crippen LogP contribution in [0.15, 0.2) is 36.4 Å². The molecule has 8 nitrogen and oxygen atoms in total. The Morgan fingerprint density at radius 3 is 2.36 bits per heavy atom. The number of rotatable bonds is 15. The summed E-state index contributed by atoms with van der Waals surface area (Å²) in [5, 5.41) is 3.04. The number of benzene rings is 2. The van der Waals surface area contributed by atoms with Crippen LogP contribution in [-0.2, 0) is 20.0 Å². The molecule has 39 heavy (non-hydrogen) atoms. The van der Waals surface area contributed by atoms with Crippen molar-refractivity contribution < 1.29 is 27.5 Å². The van der Waals surface area contributed by atoms with Gasteiger partial charge in [0.25, 0.3) is 0 Å². The van der Waals surface area contributed by atoms with Gasteiger partial charge < -0.3 is 20.5 Å². The van der Waals surface area contributed by atoms with E-state index in [2.05, 4.69) is 12.2 Å². The fourth-order valence-electron chi connectivity index (χ4n) is 4.52. The molecule has 9 heteroatoms. The summed E-state index contributed by atoms with van der Waals surface area (Å²) in [6.07, 6.45) is 5.72. The Morgan fingerprint density at radius 2 is 1.77 bits per heavy atom. The van der Waals surface area contributed by atoms with Gasteiger partial charge in [-0.15, -0.1) is 0 Å². The number of anilines is 1. The first kappa shape index (κ1) is 32.1. The molecule has 2 rings (SSSR count). The summed E-state index contributed by atoms with van der Waals surface area (Å²) in [5.74, 6) is 0.465. The molecular formula is C30H44N2O6S. The topological polar surface area (TPSA) is 125 Å². The highest BCUT2D eigenvalue weighted by atomic mass is 32.2. The lowest BCUT2D eigenvalue weighted by molar-refractivity contribution is -0.116. The van der Waals surface area contributed by atoms with E-state index in [0.29, 0.717) is 29.2 Å². The number of nitrogens with one attached hydrogen (secondary N) is 1. The van der Waals surface area contributed by atoms with Crippen LogP contribution in [0.5, 0.6) is 11.5 Å². The van der Waals surface area contributed by atoms with E-state index in [4.69, 9.17) is 15.2 Å².